The molecule has 2 rings (SSSR count). The smallest absolute Gasteiger partial charge is 0.341 e. The van der Waals surface area contributed by atoms with E-state index < -0.39 is 5.97 Å². The van der Waals surface area contributed by atoms with Gasteiger partial charge in [-0.25, -0.2) is 9.31 Å². The maximum atomic E-state index is 10.8. The number of anilines is 1. The largest absolute Gasteiger partial charge is 0.477 e. The van der Waals surface area contributed by atoms with Gasteiger partial charge in [-0.15, -0.1) is 5.10 Å². The van der Waals surface area contributed by atoms with Crippen LogP contribution in [0.4, 0.5) is 5.82 Å². The maximum Gasteiger partial charge on any atom is 0.341 e. The first-order valence-corrected chi connectivity index (χ1v) is 3.66. The quantitative estimate of drug-likeness (QED) is 0.668. The molecule has 13 heavy (non-hydrogen) atoms. The van der Waals surface area contributed by atoms with Gasteiger partial charge in [0.2, 0.25) is 0 Å². The van der Waals surface area contributed by atoms with E-state index in [0.29, 0.717) is 5.52 Å². The molecule has 2 aromatic heterocycles. The minimum atomic E-state index is -1.06. The minimum Gasteiger partial charge on any atom is -0.477 e. The van der Waals surface area contributed by atoms with Crippen molar-refractivity contribution in [3.63, 3.8) is 0 Å². The number of nitrogens with two attached hydrogens (primary N) is 1. The maximum absolute atomic E-state index is 10.8. The molecule has 0 unspecified atom stereocenters. The summed E-state index contributed by atoms with van der Waals surface area (Å²) in [6.07, 6.45) is 1.65. The average Bonchev–Trinajstić information content (AvgIpc) is 2.39. The third-order valence-corrected chi connectivity index (χ3v) is 1.78. The summed E-state index contributed by atoms with van der Waals surface area (Å²) in [5, 5.41) is 12.7. The van der Waals surface area contributed by atoms with Gasteiger partial charge in [0.15, 0.2) is 5.82 Å². The van der Waals surface area contributed by atoms with Gasteiger partial charge in [0.1, 0.15) is 5.56 Å². The number of fused-ring (bicyclic) bond motifs is 1. The Morgan fingerprint density at radius 1 is 1.54 bits per heavy atom. The summed E-state index contributed by atoms with van der Waals surface area (Å²) in [4.78, 5) is 10.8. The SMILES string of the molecule is Nc1nn2ccccc2c1C(=O)O. The number of carboxylic acids is 1. The number of aromatic nitrogens is 2. The molecule has 2 aromatic rings. The molecule has 66 valence electrons. The second-order valence-electron chi connectivity index (χ2n) is 2.60. The number of carboxylic acid groups (broad SMARTS) is 1. The second-order valence-corrected chi connectivity index (χ2v) is 2.60. The normalized spacial score (nSPS) is 10.5. The van der Waals surface area contributed by atoms with Crippen LogP contribution in [0.5, 0.6) is 0 Å². The molecule has 0 spiro atoms. The molecular weight excluding hydrogens is 170 g/mol. The van der Waals surface area contributed by atoms with Gasteiger partial charge in [0, 0.05) is 6.20 Å². The van der Waals surface area contributed by atoms with E-state index in [1.165, 1.54) is 4.52 Å². The van der Waals surface area contributed by atoms with Crippen LogP contribution in [0, 0.1) is 0 Å². The molecule has 0 atom stereocenters. The molecule has 0 saturated carbocycles. The first-order chi connectivity index (χ1) is 6.20. The molecule has 0 amide bonds. The highest BCUT2D eigenvalue weighted by atomic mass is 16.4. The van der Waals surface area contributed by atoms with Crippen molar-refractivity contribution in [3.8, 4) is 0 Å². The lowest BCUT2D eigenvalue weighted by molar-refractivity contribution is 0.0700. The molecule has 0 aliphatic carbocycles. The van der Waals surface area contributed by atoms with E-state index in [-0.39, 0.29) is 11.4 Å². The summed E-state index contributed by atoms with van der Waals surface area (Å²) in [5.41, 5.74) is 6.00. The van der Waals surface area contributed by atoms with Crippen LogP contribution in [0.1, 0.15) is 10.4 Å². The molecule has 5 nitrogen and oxygen atoms in total. The number of hydrogen-bond donors (Lipinski definition) is 2. The number of pyridine rings is 1. The summed E-state index contributed by atoms with van der Waals surface area (Å²) < 4.78 is 1.44. The Hall–Kier alpha value is -2.04. The van der Waals surface area contributed by atoms with Crippen molar-refractivity contribution in [2.24, 2.45) is 0 Å². The molecule has 0 aliphatic rings. The van der Waals surface area contributed by atoms with Crippen LogP contribution in [0.2, 0.25) is 0 Å². The Morgan fingerprint density at radius 3 is 3.00 bits per heavy atom. The van der Waals surface area contributed by atoms with E-state index in [1.54, 1.807) is 24.4 Å². The lowest BCUT2D eigenvalue weighted by Crippen LogP contribution is -1.99. The van der Waals surface area contributed by atoms with Crippen molar-refractivity contribution in [1.82, 2.24) is 9.61 Å². The van der Waals surface area contributed by atoms with Crippen LogP contribution in [0.25, 0.3) is 5.52 Å². The highest BCUT2D eigenvalue weighted by Gasteiger charge is 2.15. The molecule has 3 N–H and O–H groups in total. The van der Waals surface area contributed by atoms with Crippen LogP contribution in [0.3, 0.4) is 0 Å². The number of hydrogen-bond acceptors (Lipinski definition) is 3. The second kappa shape index (κ2) is 2.48. The lowest BCUT2D eigenvalue weighted by atomic mass is 10.2. The van der Waals surface area contributed by atoms with Crippen molar-refractivity contribution in [2.75, 3.05) is 5.73 Å². The Morgan fingerprint density at radius 2 is 2.31 bits per heavy atom. The Labute approximate surface area is 73.4 Å². The molecule has 5 heteroatoms. The van der Waals surface area contributed by atoms with E-state index >= 15 is 0 Å². The van der Waals surface area contributed by atoms with Crippen molar-refractivity contribution in [1.29, 1.82) is 0 Å². The molecule has 0 saturated heterocycles. The summed E-state index contributed by atoms with van der Waals surface area (Å²) in [6.45, 7) is 0. The zero-order chi connectivity index (χ0) is 9.42. The predicted molar refractivity (Wildman–Crippen MR) is 46.6 cm³/mol. The first-order valence-electron chi connectivity index (χ1n) is 3.66. The summed E-state index contributed by atoms with van der Waals surface area (Å²) in [7, 11) is 0. The molecule has 2 heterocycles. The van der Waals surface area contributed by atoms with Gasteiger partial charge in [0.25, 0.3) is 0 Å². The fraction of sp³-hybridized carbons (Fsp3) is 0. The van der Waals surface area contributed by atoms with Crippen LogP contribution in [-0.2, 0) is 0 Å². The van der Waals surface area contributed by atoms with Crippen molar-refractivity contribution >= 4 is 17.3 Å². The number of carbonyl (C=O) groups is 1. The number of rotatable bonds is 1. The predicted octanol–water partition coefficient (Wildman–Crippen LogP) is 0.615. The average molecular weight is 177 g/mol. The standard InChI is InChI=1S/C8H7N3O2/c9-7-6(8(12)13)5-3-1-2-4-11(5)10-7/h1-4H,(H2,9,10)(H,12,13). The first kappa shape index (κ1) is 7.60. The third kappa shape index (κ3) is 1.01. The molecule has 0 aliphatic heterocycles. The fourth-order valence-electron chi connectivity index (χ4n) is 1.24. The number of nitrogen functional groups attached to an aromatic ring is 1. The molecule has 0 bridgehead atoms. The van der Waals surface area contributed by atoms with Gasteiger partial charge in [-0.05, 0) is 12.1 Å². The van der Waals surface area contributed by atoms with Crippen LogP contribution >= 0.6 is 0 Å². The highest BCUT2D eigenvalue weighted by Crippen LogP contribution is 2.16. The van der Waals surface area contributed by atoms with Gasteiger partial charge in [0.05, 0.1) is 5.52 Å². The third-order valence-electron chi connectivity index (χ3n) is 1.78. The summed E-state index contributed by atoms with van der Waals surface area (Å²) in [5.74, 6) is -1.02. The van der Waals surface area contributed by atoms with Crippen LogP contribution in [-0.4, -0.2) is 20.7 Å². The summed E-state index contributed by atoms with van der Waals surface area (Å²) >= 11 is 0. The van der Waals surface area contributed by atoms with Gasteiger partial charge in [-0.1, -0.05) is 6.07 Å². The van der Waals surface area contributed by atoms with Gasteiger partial charge in [-0.3, -0.25) is 0 Å². The van der Waals surface area contributed by atoms with Crippen molar-refractivity contribution in [3.05, 3.63) is 30.0 Å². The van der Waals surface area contributed by atoms with Crippen LogP contribution in [0.15, 0.2) is 24.4 Å². The number of nitrogens with zero attached hydrogens (tertiary/aromatic N) is 2. The lowest BCUT2D eigenvalue weighted by Gasteiger charge is -1.91. The Kier molecular flexibility index (Phi) is 1.45. The monoisotopic (exact) mass is 177 g/mol. The summed E-state index contributed by atoms with van der Waals surface area (Å²) in [6, 6.07) is 5.15. The Bertz CT molecular complexity index is 475. The molecule has 0 radical (unpaired) electrons. The number of aromatic carboxylic acids is 1. The van der Waals surface area contributed by atoms with Crippen molar-refractivity contribution < 1.29 is 9.90 Å². The molecule has 0 aromatic carbocycles. The van der Waals surface area contributed by atoms with Gasteiger partial charge in [-0.2, -0.15) is 0 Å². The zero-order valence-electron chi connectivity index (χ0n) is 6.64. The van der Waals surface area contributed by atoms with Gasteiger partial charge >= 0.3 is 5.97 Å². The van der Waals surface area contributed by atoms with E-state index in [1.807, 2.05) is 0 Å². The van der Waals surface area contributed by atoms with E-state index in [2.05, 4.69) is 5.10 Å². The van der Waals surface area contributed by atoms with E-state index in [9.17, 15) is 4.79 Å². The van der Waals surface area contributed by atoms with Crippen LogP contribution < -0.4 is 5.73 Å². The fourth-order valence-corrected chi connectivity index (χ4v) is 1.24. The van der Waals surface area contributed by atoms with E-state index in [4.69, 9.17) is 10.8 Å². The zero-order valence-corrected chi connectivity index (χ0v) is 6.64. The van der Waals surface area contributed by atoms with Crippen molar-refractivity contribution in [2.45, 2.75) is 0 Å². The topological polar surface area (TPSA) is 80.6 Å². The Balaban J connectivity index is 2.86. The van der Waals surface area contributed by atoms with E-state index in [0.717, 1.165) is 0 Å². The molecular formula is C8H7N3O2. The highest BCUT2D eigenvalue weighted by molar-refractivity contribution is 6.00. The van der Waals surface area contributed by atoms with Gasteiger partial charge < -0.3 is 10.8 Å². The molecule has 0 fully saturated rings. The minimum absolute atomic E-state index is 0.0405.